The quantitative estimate of drug-likeness (QED) is 0.610. The second kappa shape index (κ2) is 9.80. The average Bonchev–Trinajstić information content (AvgIpc) is 2.58. The van der Waals surface area contributed by atoms with E-state index in [9.17, 15) is 0 Å². The fourth-order valence-corrected chi connectivity index (χ4v) is 2.93. The monoisotopic (exact) mass is 254 g/mol. The molecule has 2 nitrogen and oxygen atoms in total. The summed E-state index contributed by atoms with van der Waals surface area (Å²) in [4.78, 5) is 5.18. The molecule has 0 aromatic rings. The molecular formula is C16H34N2. The number of nitrogens with zero attached hydrogens (tertiary/aromatic N) is 2. The lowest BCUT2D eigenvalue weighted by atomic mass is 9.97. The maximum Gasteiger partial charge on any atom is 0.0109 e. The molecule has 1 aliphatic rings. The van der Waals surface area contributed by atoms with Gasteiger partial charge in [-0.3, -0.25) is 0 Å². The van der Waals surface area contributed by atoms with Gasteiger partial charge in [-0.05, 0) is 38.9 Å². The Hall–Kier alpha value is -0.0800. The van der Waals surface area contributed by atoms with Gasteiger partial charge >= 0.3 is 0 Å². The highest BCUT2D eigenvalue weighted by molar-refractivity contribution is 4.70. The lowest BCUT2D eigenvalue weighted by Gasteiger charge is -2.25. The van der Waals surface area contributed by atoms with Gasteiger partial charge in [-0.1, -0.05) is 46.0 Å². The van der Waals surface area contributed by atoms with E-state index in [-0.39, 0.29) is 0 Å². The minimum absolute atomic E-state index is 0.935. The van der Waals surface area contributed by atoms with Crippen molar-refractivity contribution in [3.63, 3.8) is 0 Å². The Bertz CT molecular complexity index is 194. The van der Waals surface area contributed by atoms with E-state index in [0.29, 0.717) is 0 Å². The Balaban J connectivity index is 2.20. The minimum atomic E-state index is 0.935. The molecule has 0 N–H and O–H groups in total. The molecule has 1 saturated heterocycles. The van der Waals surface area contributed by atoms with Crippen molar-refractivity contribution in [3.05, 3.63) is 0 Å². The van der Waals surface area contributed by atoms with Gasteiger partial charge in [-0.25, -0.2) is 0 Å². The summed E-state index contributed by atoms with van der Waals surface area (Å²) in [6, 6.07) is 0. The van der Waals surface area contributed by atoms with Crippen molar-refractivity contribution < 1.29 is 0 Å². The van der Waals surface area contributed by atoms with Crippen LogP contribution in [-0.2, 0) is 0 Å². The molecule has 1 heterocycles. The zero-order chi connectivity index (χ0) is 13.2. The molecule has 108 valence electrons. The molecule has 0 aliphatic carbocycles. The van der Waals surface area contributed by atoms with Crippen molar-refractivity contribution in [2.24, 2.45) is 5.92 Å². The van der Waals surface area contributed by atoms with E-state index >= 15 is 0 Å². The minimum Gasteiger partial charge on any atom is -0.305 e. The van der Waals surface area contributed by atoms with Crippen LogP contribution in [0.3, 0.4) is 0 Å². The first kappa shape index (κ1) is 16.0. The van der Waals surface area contributed by atoms with Crippen molar-refractivity contribution in [3.8, 4) is 0 Å². The first-order valence-electron chi connectivity index (χ1n) is 8.17. The highest BCUT2D eigenvalue weighted by Gasteiger charge is 2.15. The van der Waals surface area contributed by atoms with Crippen molar-refractivity contribution in [2.75, 3.05) is 39.8 Å². The van der Waals surface area contributed by atoms with Gasteiger partial charge in [0.1, 0.15) is 0 Å². The summed E-state index contributed by atoms with van der Waals surface area (Å²) in [7, 11) is 2.26. The number of unbranched alkanes of at least 4 members (excludes halogenated alkanes) is 3. The van der Waals surface area contributed by atoms with Gasteiger partial charge in [0.2, 0.25) is 0 Å². The van der Waals surface area contributed by atoms with Crippen LogP contribution in [0.4, 0.5) is 0 Å². The summed E-state index contributed by atoms with van der Waals surface area (Å²) < 4.78 is 0. The molecule has 1 unspecified atom stereocenters. The van der Waals surface area contributed by atoms with Gasteiger partial charge in [0.25, 0.3) is 0 Å². The van der Waals surface area contributed by atoms with Gasteiger partial charge in [0.05, 0.1) is 0 Å². The van der Waals surface area contributed by atoms with Crippen molar-refractivity contribution >= 4 is 0 Å². The van der Waals surface area contributed by atoms with Crippen molar-refractivity contribution in [1.29, 1.82) is 0 Å². The van der Waals surface area contributed by atoms with E-state index in [4.69, 9.17) is 0 Å². The molecule has 1 atom stereocenters. The van der Waals surface area contributed by atoms with Crippen molar-refractivity contribution in [1.82, 2.24) is 9.80 Å². The van der Waals surface area contributed by atoms with E-state index < -0.39 is 0 Å². The normalized spacial score (nSPS) is 20.8. The molecule has 0 aromatic carbocycles. The van der Waals surface area contributed by atoms with Crippen LogP contribution in [-0.4, -0.2) is 49.6 Å². The largest absolute Gasteiger partial charge is 0.305 e. The molecule has 0 radical (unpaired) electrons. The first-order chi connectivity index (χ1) is 8.76. The predicted molar refractivity (Wildman–Crippen MR) is 81.1 cm³/mol. The Morgan fingerprint density at radius 3 is 2.50 bits per heavy atom. The highest BCUT2D eigenvalue weighted by Crippen LogP contribution is 2.16. The lowest BCUT2D eigenvalue weighted by Crippen LogP contribution is -2.33. The van der Waals surface area contributed by atoms with E-state index in [1.54, 1.807) is 0 Å². The first-order valence-corrected chi connectivity index (χ1v) is 8.17. The summed E-state index contributed by atoms with van der Waals surface area (Å²) in [5.74, 6) is 0.935. The molecule has 0 aromatic heterocycles. The number of hydrogen-bond donors (Lipinski definition) is 0. The SMILES string of the molecule is CCCCCCC(CC)CN1CCCN(C)CC1. The Labute approximate surface area is 115 Å². The van der Waals surface area contributed by atoms with Crippen LogP contribution in [0.5, 0.6) is 0 Å². The lowest BCUT2D eigenvalue weighted by molar-refractivity contribution is 0.223. The van der Waals surface area contributed by atoms with Gasteiger partial charge in [0.15, 0.2) is 0 Å². The second-order valence-corrected chi connectivity index (χ2v) is 6.08. The molecule has 1 aliphatic heterocycles. The standard InChI is InChI=1S/C16H34N2/c1-4-6-7-8-10-16(5-2)15-18-12-9-11-17(3)13-14-18/h16H,4-15H2,1-3H3. The van der Waals surface area contributed by atoms with Gasteiger partial charge in [-0.2, -0.15) is 0 Å². The number of likely N-dealkylation sites (N-methyl/N-ethyl adjacent to an activating group) is 1. The molecule has 18 heavy (non-hydrogen) atoms. The third-order valence-corrected chi connectivity index (χ3v) is 4.37. The molecule has 0 amide bonds. The van der Waals surface area contributed by atoms with Crippen LogP contribution in [0, 0.1) is 5.92 Å². The van der Waals surface area contributed by atoms with Crippen LogP contribution in [0.1, 0.15) is 58.8 Å². The van der Waals surface area contributed by atoms with Crippen molar-refractivity contribution in [2.45, 2.75) is 58.8 Å². The predicted octanol–water partition coefficient (Wildman–Crippen LogP) is 3.62. The van der Waals surface area contributed by atoms with E-state index in [2.05, 4.69) is 30.7 Å². The molecule has 0 bridgehead atoms. The number of rotatable bonds is 8. The summed E-state index contributed by atoms with van der Waals surface area (Å²) in [6.45, 7) is 11.1. The summed E-state index contributed by atoms with van der Waals surface area (Å²) >= 11 is 0. The van der Waals surface area contributed by atoms with E-state index in [1.165, 1.54) is 77.7 Å². The zero-order valence-electron chi connectivity index (χ0n) is 13.0. The topological polar surface area (TPSA) is 6.48 Å². The molecule has 0 spiro atoms. The van der Waals surface area contributed by atoms with Crippen LogP contribution in [0.2, 0.25) is 0 Å². The fourth-order valence-electron chi connectivity index (χ4n) is 2.93. The Kier molecular flexibility index (Phi) is 8.70. The Morgan fingerprint density at radius 2 is 1.78 bits per heavy atom. The molecular weight excluding hydrogens is 220 g/mol. The maximum atomic E-state index is 2.71. The van der Waals surface area contributed by atoms with Gasteiger partial charge < -0.3 is 9.80 Å². The third kappa shape index (κ3) is 6.75. The summed E-state index contributed by atoms with van der Waals surface area (Å²) in [5, 5.41) is 0. The van der Waals surface area contributed by atoms with Crippen LogP contribution < -0.4 is 0 Å². The molecule has 1 fully saturated rings. The molecule has 0 saturated carbocycles. The van der Waals surface area contributed by atoms with Crippen LogP contribution in [0.15, 0.2) is 0 Å². The second-order valence-electron chi connectivity index (χ2n) is 6.08. The number of hydrogen-bond acceptors (Lipinski definition) is 2. The van der Waals surface area contributed by atoms with E-state index in [1.807, 2.05) is 0 Å². The summed E-state index contributed by atoms with van der Waals surface area (Å²) in [5.41, 5.74) is 0. The van der Waals surface area contributed by atoms with Gasteiger partial charge in [-0.15, -0.1) is 0 Å². The highest BCUT2D eigenvalue weighted by atomic mass is 15.2. The maximum absolute atomic E-state index is 2.71. The molecule has 1 rings (SSSR count). The fraction of sp³-hybridized carbons (Fsp3) is 1.00. The Morgan fingerprint density at radius 1 is 0.944 bits per heavy atom. The zero-order valence-corrected chi connectivity index (χ0v) is 13.0. The third-order valence-electron chi connectivity index (χ3n) is 4.37. The van der Waals surface area contributed by atoms with Gasteiger partial charge in [0, 0.05) is 19.6 Å². The summed E-state index contributed by atoms with van der Waals surface area (Å²) in [6.07, 6.45) is 9.82. The smallest absolute Gasteiger partial charge is 0.0109 e. The van der Waals surface area contributed by atoms with Crippen LogP contribution in [0.25, 0.3) is 0 Å². The van der Waals surface area contributed by atoms with E-state index in [0.717, 1.165) is 5.92 Å². The molecule has 2 heteroatoms. The van der Waals surface area contributed by atoms with Crippen LogP contribution >= 0.6 is 0 Å². The average molecular weight is 254 g/mol.